The van der Waals surface area contributed by atoms with Gasteiger partial charge in [-0.2, -0.15) is 0 Å². The molecule has 0 bridgehead atoms. The molecule has 1 heterocycles. The molecule has 0 unspecified atom stereocenters. The summed E-state index contributed by atoms with van der Waals surface area (Å²) in [6.45, 7) is 3.93. The van der Waals surface area contributed by atoms with Crippen molar-refractivity contribution in [3.8, 4) is 0 Å². The highest BCUT2D eigenvalue weighted by Gasteiger charge is 2.10. The van der Waals surface area contributed by atoms with Crippen LogP contribution in [0, 0.1) is 13.8 Å². The first-order valence-corrected chi connectivity index (χ1v) is 6.34. The average molecular weight is 284 g/mol. The number of amides is 1. The van der Waals surface area contributed by atoms with Crippen molar-refractivity contribution < 1.29 is 10.0 Å². The fourth-order valence-corrected chi connectivity index (χ4v) is 1.81. The van der Waals surface area contributed by atoms with Crippen LogP contribution in [0.25, 0.3) is 0 Å². The van der Waals surface area contributed by atoms with Gasteiger partial charge in [0.25, 0.3) is 5.91 Å². The predicted octanol–water partition coefficient (Wildman–Crippen LogP) is 2.05. The topological polar surface area (TPSA) is 101 Å². The van der Waals surface area contributed by atoms with Gasteiger partial charge in [0, 0.05) is 17.4 Å². The minimum absolute atomic E-state index is 0.0519. The van der Waals surface area contributed by atoms with E-state index in [2.05, 4.69) is 15.5 Å². The number of pyridine rings is 1. The summed E-state index contributed by atoms with van der Waals surface area (Å²) in [5.41, 5.74) is 9.01. The van der Waals surface area contributed by atoms with Gasteiger partial charge in [-0.3, -0.25) is 9.78 Å². The van der Waals surface area contributed by atoms with Crippen LogP contribution in [-0.2, 0) is 0 Å². The molecular weight excluding hydrogens is 268 g/mol. The average Bonchev–Trinajstić information content (AvgIpc) is 2.51. The summed E-state index contributed by atoms with van der Waals surface area (Å²) < 4.78 is 0. The molecular formula is C15H16N4O2. The number of hydrogen-bond donors (Lipinski definition) is 3. The number of aryl methyl sites for hydroxylation is 1. The maximum absolute atomic E-state index is 12.1. The number of benzene rings is 1. The minimum atomic E-state index is -0.310. The summed E-state index contributed by atoms with van der Waals surface area (Å²) in [5, 5.41) is 14.3. The highest BCUT2D eigenvalue weighted by Crippen LogP contribution is 2.18. The van der Waals surface area contributed by atoms with E-state index in [4.69, 9.17) is 10.9 Å². The van der Waals surface area contributed by atoms with Crippen molar-refractivity contribution in [2.75, 3.05) is 5.32 Å². The standard InChI is InChI=1S/C15H16N4O2/c1-9-4-3-5-12(10(9)2)18-15(20)13-7-6-11(8-17-13)14(16)19-21/h3-8,21H,1-2H3,(H2,16,19)(H,18,20). The first-order valence-electron chi connectivity index (χ1n) is 6.34. The van der Waals surface area contributed by atoms with E-state index in [1.807, 2.05) is 32.0 Å². The van der Waals surface area contributed by atoms with Gasteiger partial charge >= 0.3 is 0 Å². The second-order valence-electron chi connectivity index (χ2n) is 4.62. The third-order valence-corrected chi connectivity index (χ3v) is 3.25. The maximum Gasteiger partial charge on any atom is 0.274 e. The van der Waals surface area contributed by atoms with Crippen LogP contribution in [0.4, 0.5) is 5.69 Å². The van der Waals surface area contributed by atoms with E-state index >= 15 is 0 Å². The van der Waals surface area contributed by atoms with Crippen LogP contribution in [0.3, 0.4) is 0 Å². The van der Waals surface area contributed by atoms with Gasteiger partial charge in [0.1, 0.15) is 5.69 Å². The molecule has 1 aromatic carbocycles. The molecule has 0 fully saturated rings. The third kappa shape index (κ3) is 3.17. The Morgan fingerprint density at radius 3 is 2.67 bits per heavy atom. The molecule has 0 saturated carbocycles. The number of carbonyl (C=O) groups excluding carboxylic acids is 1. The first kappa shape index (κ1) is 14.5. The van der Waals surface area contributed by atoms with Crippen LogP contribution in [0.15, 0.2) is 41.7 Å². The van der Waals surface area contributed by atoms with Gasteiger partial charge in [0.15, 0.2) is 5.84 Å². The van der Waals surface area contributed by atoms with E-state index in [-0.39, 0.29) is 17.4 Å². The van der Waals surface area contributed by atoms with Gasteiger partial charge in [-0.25, -0.2) is 0 Å². The second kappa shape index (κ2) is 6.04. The number of carbonyl (C=O) groups is 1. The normalized spacial score (nSPS) is 11.2. The molecule has 0 spiro atoms. The van der Waals surface area contributed by atoms with E-state index in [0.29, 0.717) is 5.56 Å². The molecule has 0 atom stereocenters. The van der Waals surface area contributed by atoms with Crippen LogP contribution in [-0.4, -0.2) is 21.9 Å². The Balaban J connectivity index is 2.19. The summed E-state index contributed by atoms with van der Waals surface area (Å²) in [6.07, 6.45) is 1.38. The van der Waals surface area contributed by atoms with E-state index in [1.165, 1.54) is 12.3 Å². The van der Waals surface area contributed by atoms with Crippen LogP contribution < -0.4 is 11.1 Å². The zero-order chi connectivity index (χ0) is 15.4. The zero-order valence-electron chi connectivity index (χ0n) is 11.8. The van der Waals surface area contributed by atoms with E-state index in [9.17, 15) is 4.79 Å². The van der Waals surface area contributed by atoms with Gasteiger partial charge in [-0.1, -0.05) is 17.3 Å². The number of nitrogens with one attached hydrogen (secondary N) is 1. The SMILES string of the molecule is Cc1cccc(NC(=O)c2ccc(C(N)=NO)cn2)c1C. The lowest BCUT2D eigenvalue weighted by atomic mass is 10.1. The Kier molecular flexibility index (Phi) is 4.18. The smallest absolute Gasteiger partial charge is 0.274 e. The number of nitrogens with zero attached hydrogens (tertiary/aromatic N) is 2. The van der Waals surface area contributed by atoms with Crippen molar-refractivity contribution in [1.29, 1.82) is 0 Å². The predicted molar refractivity (Wildman–Crippen MR) is 80.6 cm³/mol. The van der Waals surface area contributed by atoms with Crippen LogP contribution in [0.1, 0.15) is 27.2 Å². The van der Waals surface area contributed by atoms with Crippen molar-refractivity contribution in [2.24, 2.45) is 10.9 Å². The summed E-state index contributed by atoms with van der Waals surface area (Å²) in [4.78, 5) is 16.2. The molecule has 6 heteroatoms. The van der Waals surface area contributed by atoms with Crippen molar-refractivity contribution >= 4 is 17.4 Å². The quantitative estimate of drug-likeness (QED) is 0.347. The Labute approximate surface area is 122 Å². The monoisotopic (exact) mass is 284 g/mol. The third-order valence-electron chi connectivity index (χ3n) is 3.25. The summed E-state index contributed by atoms with van der Waals surface area (Å²) in [6, 6.07) is 8.79. The van der Waals surface area contributed by atoms with Crippen molar-refractivity contribution in [3.63, 3.8) is 0 Å². The van der Waals surface area contributed by atoms with Gasteiger partial charge in [-0.15, -0.1) is 0 Å². The minimum Gasteiger partial charge on any atom is -0.409 e. The second-order valence-corrected chi connectivity index (χ2v) is 4.62. The molecule has 0 radical (unpaired) electrons. The maximum atomic E-state index is 12.1. The van der Waals surface area contributed by atoms with E-state index < -0.39 is 0 Å². The molecule has 4 N–H and O–H groups in total. The lowest BCUT2D eigenvalue weighted by Crippen LogP contribution is -2.17. The first-order chi connectivity index (χ1) is 10.0. The summed E-state index contributed by atoms with van der Waals surface area (Å²) in [7, 11) is 0. The Morgan fingerprint density at radius 1 is 1.29 bits per heavy atom. The molecule has 0 saturated heterocycles. The molecule has 6 nitrogen and oxygen atoms in total. The van der Waals surface area contributed by atoms with E-state index in [1.54, 1.807) is 6.07 Å². The number of hydrogen-bond acceptors (Lipinski definition) is 4. The van der Waals surface area contributed by atoms with Gasteiger partial charge in [0.2, 0.25) is 0 Å². The number of rotatable bonds is 3. The van der Waals surface area contributed by atoms with Crippen LogP contribution >= 0.6 is 0 Å². The molecule has 2 aromatic rings. The molecule has 1 aromatic heterocycles. The Hall–Kier alpha value is -2.89. The van der Waals surface area contributed by atoms with Gasteiger partial charge in [-0.05, 0) is 43.2 Å². The lowest BCUT2D eigenvalue weighted by Gasteiger charge is -2.10. The van der Waals surface area contributed by atoms with Crippen LogP contribution in [0.5, 0.6) is 0 Å². The largest absolute Gasteiger partial charge is 0.409 e. The van der Waals surface area contributed by atoms with Crippen molar-refractivity contribution in [2.45, 2.75) is 13.8 Å². The zero-order valence-corrected chi connectivity index (χ0v) is 11.8. The number of oxime groups is 1. The summed E-state index contributed by atoms with van der Waals surface area (Å²) >= 11 is 0. The Bertz CT molecular complexity index is 693. The van der Waals surface area contributed by atoms with Crippen molar-refractivity contribution in [1.82, 2.24) is 4.98 Å². The number of aromatic nitrogens is 1. The highest BCUT2D eigenvalue weighted by molar-refractivity contribution is 6.04. The molecule has 1 amide bonds. The molecule has 2 rings (SSSR count). The molecule has 0 aliphatic heterocycles. The molecule has 21 heavy (non-hydrogen) atoms. The van der Waals surface area contributed by atoms with Gasteiger partial charge in [0.05, 0.1) is 0 Å². The number of nitrogens with two attached hydrogens (primary N) is 1. The Morgan fingerprint density at radius 2 is 2.05 bits per heavy atom. The lowest BCUT2D eigenvalue weighted by molar-refractivity contribution is 0.102. The molecule has 108 valence electrons. The van der Waals surface area contributed by atoms with Crippen molar-refractivity contribution in [3.05, 3.63) is 58.9 Å². The molecule has 0 aliphatic carbocycles. The number of amidine groups is 1. The highest BCUT2D eigenvalue weighted by atomic mass is 16.4. The molecule has 0 aliphatic rings. The van der Waals surface area contributed by atoms with Crippen LogP contribution in [0.2, 0.25) is 0 Å². The summed E-state index contributed by atoms with van der Waals surface area (Å²) in [5.74, 6) is -0.362. The fraction of sp³-hybridized carbons (Fsp3) is 0.133. The fourth-order valence-electron chi connectivity index (χ4n) is 1.81. The number of anilines is 1. The van der Waals surface area contributed by atoms with E-state index in [0.717, 1.165) is 16.8 Å². The van der Waals surface area contributed by atoms with Gasteiger partial charge < -0.3 is 16.3 Å².